The fourth-order valence-electron chi connectivity index (χ4n) is 0.486. The Labute approximate surface area is 90.2 Å². The number of nitrogens with zero attached hydrogens (tertiary/aromatic N) is 2. The first-order valence-electron chi connectivity index (χ1n) is 2.51. The van der Waals surface area contributed by atoms with Crippen molar-refractivity contribution < 1.29 is 37.7 Å². The molecule has 0 aromatic carbocycles. The number of pyridine rings is 1. The van der Waals surface area contributed by atoms with E-state index in [0.29, 0.717) is 5.82 Å². The second kappa shape index (κ2) is 7.90. The molecular weight excluding hydrogens is 126 g/mol. The van der Waals surface area contributed by atoms with Crippen molar-refractivity contribution in [2.45, 2.75) is 0 Å². The first-order chi connectivity index (χ1) is 4.43. The molecule has 0 aliphatic rings. The van der Waals surface area contributed by atoms with Crippen LogP contribution < -0.4 is 37.7 Å². The number of aromatic nitrogens is 1. The van der Waals surface area contributed by atoms with Crippen molar-refractivity contribution in [3.05, 3.63) is 31.0 Å². The fourth-order valence-corrected chi connectivity index (χ4v) is 0.486. The molecule has 0 fully saturated rings. The van der Waals surface area contributed by atoms with Gasteiger partial charge in [-0.1, -0.05) is 6.07 Å². The van der Waals surface area contributed by atoms with Crippen molar-refractivity contribution in [2.75, 3.05) is 0 Å². The molecule has 2 nitrogen and oxygen atoms in total. The Kier molecular flexibility index (Phi) is 9.61. The standard InChI is InChI=1S/C7H5N2.2Li/c1-2-8-7-5-3-4-6-9-7;;/h1,3-6H;;/q-1;2*+1. The van der Waals surface area contributed by atoms with Gasteiger partial charge in [0, 0.05) is 6.20 Å². The molecule has 1 rings (SSSR count). The van der Waals surface area contributed by atoms with Gasteiger partial charge in [0.2, 0.25) is 0 Å². The van der Waals surface area contributed by atoms with Gasteiger partial charge in [0.25, 0.3) is 0 Å². The van der Waals surface area contributed by atoms with E-state index in [0.717, 1.165) is 0 Å². The topological polar surface area (TPSA) is 25.2 Å². The summed E-state index contributed by atoms with van der Waals surface area (Å²) in [4.78, 5) is 7.48. The molecule has 0 atom stereocenters. The van der Waals surface area contributed by atoms with Crippen molar-refractivity contribution in [1.29, 1.82) is 0 Å². The first-order valence-corrected chi connectivity index (χ1v) is 2.51. The molecule has 0 radical (unpaired) electrons. The van der Waals surface area contributed by atoms with Crippen LogP contribution >= 0.6 is 0 Å². The number of aliphatic imine (C=N–C) groups is 1. The third-order valence-electron chi connectivity index (χ3n) is 0.828. The van der Waals surface area contributed by atoms with Gasteiger partial charge in [0.15, 0.2) is 5.82 Å². The second-order valence-corrected chi connectivity index (χ2v) is 1.43. The number of rotatable bonds is 1. The monoisotopic (exact) mass is 131 g/mol. The zero-order valence-electron chi connectivity index (χ0n) is 6.78. The Morgan fingerprint density at radius 3 is 2.55 bits per heavy atom. The maximum absolute atomic E-state index is 4.90. The van der Waals surface area contributed by atoms with Gasteiger partial charge < -0.3 is 6.58 Å². The Bertz CT molecular complexity index is 229. The zero-order valence-corrected chi connectivity index (χ0v) is 6.78. The first kappa shape index (κ1) is 13.4. The molecule has 0 saturated carbocycles. The molecule has 0 spiro atoms. The van der Waals surface area contributed by atoms with Gasteiger partial charge >= 0.3 is 37.7 Å². The van der Waals surface area contributed by atoms with Crippen molar-refractivity contribution in [3.8, 4) is 0 Å². The van der Waals surface area contributed by atoms with Crippen molar-refractivity contribution >= 4 is 11.7 Å². The summed E-state index contributed by atoms with van der Waals surface area (Å²) in [5, 5.41) is 0. The number of hydrogen-bond acceptors (Lipinski definition) is 2. The second-order valence-electron chi connectivity index (χ2n) is 1.43. The Morgan fingerprint density at radius 1 is 1.36 bits per heavy atom. The van der Waals surface area contributed by atoms with Gasteiger partial charge in [0.05, 0.1) is 0 Å². The zero-order chi connectivity index (χ0) is 6.53. The summed E-state index contributed by atoms with van der Waals surface area (Å²) in [6, 6.07) is 5.40. The molecular formula is C7H5Li2N2+. The van der Waals surface area contributed by atoms with Gasteiger partial charge in [0.1, 0.15) is 0 Å². The van der Waals surface area contributed by atoms with E-state index in [9.17, 15) is 0 Å². The minimum absolute atomic E-state index is 0. The summed E-state index contributed by atoms with van der Waals surface area (Å²) in [7, 11) is 0. The van der Waals surface area contributed by atoms with Gasteiger partial charge in [-0.2, -0.15) is 0 Å². The van der Waals surface area contributed by atoms with Crippen LogP contribution in [0.15, 0.2) is 29.4 Å². The molecule has 1 heterocycles. The van der Waals surface area contributed by atoms with Crippen LogP contribution in [-0.2, 0) is 0 Å². The SMILES string of the molecule is [CH-]=C=Nc1ccccn1.[Li+].[Li+]. The van der Waals surface area contributed by atoms with Gasteiger partial charge in [-0.3, -0.25) is 0 Å². The van der Waals surface area contributed by atoms with E-state index in [1.165, 1.54) is 0 Å². The summed E-state index contributed by atoms with van der Waals surface area (Å²) in [6.07, 6.45) is 1.65. The largest absolute Gasteiger partial charge is 1.00 e. The molecule has 1 aromatic rings. The molecule has 0 aliphatic carbocycles. The van der Waals surface area contributed by atoms with E-state index in [1.54, 1.807) is 12.3 Å². The average molecular weight is 131 g/mol. The van der Waals surface area contributed by atoms with Crippen LogP contribution in [0.25, 0.3) is 0 Å². The van der Waals surface area contributed by atoms with Crippen LogP contribution in [0, 0.1) is 6.58 Å². The Balaban J connectivity index is 0. The van der Waals surface area contributed by atoms with Crippen LogP contribution in [-0.4, -0.2) is 10.9 Å². The smallest absolute Gasteiger partial charge is 0.444 e. The van der Waals surface area contributed by atoms with Crippen LogP contribution in [0.4, 0.5) is 5.82 Å². The molecule has 11 heavy (non-hydrogen) atoms. The van der Waals surface area contributed by atoms with E-state index in [-0.39, 0.29) is 37.7 Å². The summed E-state index contributed by atoms with van der Waals surface area (Å²) >= 11 is 0. The summed E-state index contributed by atoms with van der Waals surface area (Å²) in [6.45, 7) is 4.90. The van der Waals surface area contributed by atoms with Crippen molar-refractivity contribution in [1.82, 2.24) is 4.98 Å². The quantitative estimate of drug-likeness (QED) is 0.214. The van der Waals surface area contributed by atoms with E-state index in [2.05, 4.69) is 15.8 Å². The van der Waals surface area contributed by atoms with E-state index >= 15 is 0 Å². The van der Waals surface area contributed by atoms with Crippen molar-refractivity contribution in [2.24, 2.45) is 4.99 Å². The Hall–Kier alpha value is -0.205. The van der Waals surface area contributed by atoms with Crippen LogP contribution in [0.1, 0.15) is 0 Å². The molecule has 44 valence electrons. The molecule has 0 N–H and O–H groups in total. The predicted molar refractivity (Wildman–Crippen MR) is 35.6 cm³/mol. The molecule has 0 unspecified atom stereocenters. The van der Waals surface area contributed by atoms with E-state index in [4.69, 9.17) is 6.58 Å². The summed E-state index contributed by atoms with van der Waals surface area (Å²) in [5.41, 5.74) is 0. The summed E-state index contributed by atoms with van der Waals surface area (Å²) < 4.78 is 0. The molecule has 0 amide bonds. The third kappa shape index (κ3) is 5.11. The minimum atomic E-state index is 0. The maximum atomic E-state index is 4.90. The molecule has 0 saturated heterocycles. The fraction of sp³-hybridized carbons (Fsp3) is 0. The van der Waals surface area contributed by atoms with Crippen LogP contribution in [0.3, 0.4) is 0 Å². The van der Waals surface area contributed by atoms with Crippen molar-refractivity contribution in [3.63, 3.8) is 0 Å². The van der Waals surface area contributed by atoms with E-state index in [1.807, 2.05) is 12.1 Å². The molecule has 0 aliphatic heterocycles. The predicted octanol–water partition coefficient (Wildman–Crippen LogP) is -4.62. The molecule has 0 bridgehead atoms. The summed E-state index contributed by atoms with van der Waals surface area (Å²) in [5.74, 6) is 2.73. The van der Waals surface area contributed by atoms with Gasteiger partial charge in [-0.15, -0.1) is 0 Å². The number of hydrogen-bond donors (Lipinski definition) is 0. The third-order valence-corrected chi connectivity index (χ3v) is 0.828. The van der Waals surface area contributed by atoms with Crippen LogP contribution in [0.2, 0.25) is 0 Å². The van der Waals surface area contributed by atoms with E-state index < -0.39 is 0 Å². The molecule has 4 heteroatoms. The van der Waals surface area contributed by atoms with Gasteiger partial charge in [-0.05, 0) is 12.1 Å². The normalized spacial score (nSPS) is 6.55. The minimum Gasteiger partial charge on any atom is -0.444 e. The van der Waals surface area contributed by atoms with Crippen LogP contribution in [0.5, 0.6) is 0 Å². The average Bonchev–Trinajstić information content (AvgIpc) is 1.91. The molecule has 1 aromatic heterocycles. The van der Waals surface area contributed by atoms with Gasteiger partial charge in [-0.25, -0.2) is 15.8 Å². The Morgan fingerprint density at radius 2 is 2.09 bits per heavy atom. The maximum Gasteiger partial charge on any atom is 1.00 e.